The fraction of sp³-hybridized carbons (Fsp3) is 0.133. The number of aryl methyl sites for hydroxylation is 1. The number of benzene rings is 2. The van der Waals surface area contributed by atoms with E-state index in [1.165, 1.54) is 25.3 Å². The molecule has 0 radical (unpaired) electrons. The Morgan fingerprint density at radius 2 is 2.05 bits per heavy atom. The summed E-state index contributed by atoms with van der Waals surface area (Å²) in [6.07, 6.45) is 0. The second-order valence-corrected chi connectivity index (χ2v) is 5.31. The zero-order valence-corrected chi connectivity index (χ0v) is 13.1. The summed E-state index contributed by atoms with van der Waals surface area (Å²) in [6.45, 7) is 1.82. The van der Waals surface area contributed by atoms with Gasteiger partial charge < -0.3 is 10.1 Å². The van der Waals surface area contributed by atoms with Gasteiger partial charge in [-0.25, -0.2) is 4.39 Å². The molecule has 110 valence electrons. The molecule has 1 N–H and O–H groups in total. The van der Waals surface area contributed by atoms with Crippen molar-refractivity contribution in [2.75, 3.05) is 12.4 Å². The van der Waals surface area contributed by atoms with Crippen LogP contribution in [0.15, 0.2) is 35.2 Å². The van der Waals surface area contributed by atoms with E-state index < -0.39 is 5.82 Å². The molecule has 0 saturated heterocycles. The molecule has 2 aromatic rings. The molecule has 2 rings (SSSR count). The van der Waals surface area contributed by atoms with Crippen molar-refractivity contribution < 1.29 is 13.9 Å². The van der Waals surface area contributed by atoms with Gasteiger partial charge in [0.2, 0.25) is 0 Å². The van der Waals surface area contributed by atoms with E-state index in [9.17, 15) is 9.18 Å². The maximum absolute atomic E-state index is 13.2. The van der Waals surface area contributed by atoms with E-state index in [0.717, 1.165) is 5.56 Å². The highest BCUT2D eigenvalue weighted by atomic mass is 35.5. The third-order valence-corrected chi connectivity index (χ3v) is 3.69. The Labute approximate surface area is 132 Å². The van der Waals surface area contributed by atoms with E-state index in [-0.39, 0.29) is 10.8 Å². The van der Waals surface area contributed by atoms with Gasteiger partial charge in [-0.3, -0.25) is 4.79 Å². The quantitative estimate of drug-likeness (QED) is 0.824. The summed E-state index contributed by atoms with van der Waals surface area (Å²) in [4.78, 5) is 12.3. The molecule has 2 aromatic carbocycles. The molecule has 0 spiro atoms. The van der Waals surface area contributed by atoms with E-state index in [1.807, 2.05) is 6.92 Å². The van der Waals surface area contributed by atoms with Crippen molar-refractivity contribution in [1.82, 2.24) is 0 Å². The van der Waals surface area contributed by atoms with Crippen LogP contribution in [-0.2, 0) is 0 Å². The minimum atomic E-state index is -0.477. The molecule has 0 saturated carbocycles. The van der Waals surface area contributed by atoms with Gasteiger partial charge in [-0.1, -0.05) is 11.6 Å². The summed E-state index contributed by atoms with van der Waals surface area (Å²) in [5.74, 6) is -0.410. The van der Waals surface area contributed by atoms with E-state index in [1.54, 1.807) is 12.1 Å². The molecular weight excluding hydrogens is 313 g/mol. The zero-order valence-electron chi connectivity index (χ0n) is 11.4. The molecule has 0 aliphatic rings. The third kappa shape index (κ3) is 3.49. The first-order chi connectivity index (χ1) is 9.92. The number of ether oxygens (including phenoxy) is 1. The summed E-state index contributed by atoms with van der Waals surface area (Å²) >= 11 is 9.97. The number of nitrogens with one attached hydrogen (secondary N) is 1. The van der Waals surface area contributed by atoms with Crippen LogP contribution in [0.4, 0.5) is 10.1 Å². The molecule has 0 aliphatic heterocycles. The van der Waals surface area contributed by atoms with Crippen molar-refractivity contribution in [2.24, 2.45) is 0 Å². The largest absolute Gasteiger partial charge is 0.495 e. The first-order valence-electron chi connectivity index (χ1n) is 6.06. The lowest BCUT2D eigenvalue weighted by molar-refractivity contribution is 0.102. The van der Waals surface area contributed by atoms with Gasteiger partial charge in [-0.15, -0.1) is 12.6 Å². The van der Waals surface area contributed by atoms with Gasteiger partial charge in [0.25, 0.3) is 5.91 Å². The first kappa shape index (κ1) is 15.7. The van der Waals surface area contributed by atoms with E-state index in [4.69, 9.17) is 16.3 Å². The van der Waals surface area contributed by atoms with E-state index in [2.05, 4.69) is 17.9 Å². The Balaban J connectivity index is 2.31. The highest BCUT2D eigenvalue weighted by Crippen LogP contribution is 2.31. The summed E-state index contributed by atoms with van der Waals surface area (Å²) < 4.78 is 18.3. The average Bonchev–Trinajstić information content (AvgIpc) is 2.45. The van der Waals surface area contributed by atoms with Gasteiger partial charge in [-0.2, -0.15) is 0 Å². The number of carbonyl (C=O) groups excluding carboxylic acids is 1. The van der Waals surface area contributed by atoms with Crippen LogP contribution in [0.5, 0.6) is 5.75 Å². The highest BCUT2D eigenvalue weighted by Gasteiger charge is 2.13. The number of carbonyl (C=O) groups is 1. The normalized spacial score (nSPS) is 10.3. The van der Waals surface area contributed by atoms with Crippen LogP contribution < -0.4 is 10.1 Å². The van der Waals surface area contributed by atoms with Crippen LogP contribution in [0.2, 0.25) is 5.02 Å². The topological polar surface area (TPSA) is 38.3 Å². The number of thiol groups is 1. The predicted octanol–water partition coefficient (Wildman–Crippen LogP) is 4.34. The first-order valence-corrected chi connectivity index (χ1v) is 6.89. The molecule has 1 amide bonds. The van der Waals surface area contributed by atoms with Crippen LogP contribution in [0.25, 0.3) is 0 Å². The fourth-order valence-corrected chi connectivity index (χ4v) is 2.15. The van der Waals surface area contributed by atoms with Crippen LogP contribution in [0, 0.1) is 12.7 Å². The van der Waals surface area contributed by atoms with Gasteiger partial charge in [0.1, 0.15) is 11.6 Å². The molecule has 0 unspecified atom stereocenters. The molecule has 0 aromatic heterocycles. The molecular formula is C15H13ClFNO2S. The van der Waals surface area contributed by atoms with Crippen LogP contribution in [-0.4, -0.2) is 13.0 Å². The Morgan fingerprint density at radius 1 is 1.33 bits per heavy atom. The van der Waals surface area contributed by atoms with Crippen molar-refractivity contribution in [3.63, 3.8) is 0 Å². The Kier molecular flexibility index (Phi) is 4.75. The van der Waals surface area contributed by atoms with E-state index >= 15 is 0 Å². The average molecular weight is 326 g/mol. The van der Waals surface area contributed by atoms with Gasteiger partial charge in [0.15, 0.2) is 0 Å². The Morgan fingerprint density at radius 3 is 2.67 bits per heavy atom. The Bertz CT molecular complexity index is 706. The minimum absolute atomic E-state index is 0.113. The summed E-state index contributed by atoms with van der Waals surface area (Å²) in [6, 6.07) is 7.29. The molecule has 6 heteroatoms. The van der Waals surface area contributed by atoms with Crippen molar-refractivity contribution in [2.45, 2.75) is 11.8 Å². The van der Waals surface area contributed by atoms with Crippen molar-refractivity contribution in [3.8, 4) is 5.75 Å². The third-order valence-electron chi connectivity index (χ3n) is 2.94. The number of hydrogen-bond donors (Lipinski definition) is 2. The molecule has 0 bridgehead atoms. The number of halogens is 2. The van der Waals surface area contributed by atoms with Crippen molar-refractivity contribution >= 4 is 35.8 Å². The van der Waals surface area contributed by atoms with Gasteiger partial charge in [0, 0.05) is 21.5 Å². The molecule has 0 atom stereocenters. The van der Waals surface area contributed by atoms with Crippen LogP contribution in [0.3, 0.4) is 0 Å². The lowest BCUT2D eigenvalue weighted by atomic mass is 10.1. The zero-order chi connectivity index (χ0) is 15.6. The van der Waals surface area contributed by atoms with E-state index in [0.29, 0.717) is 22.0 Å². The molecule has 21 heavy (non-hydrogen) atoms. The molecule has 0 heterocycles. The predicted molar refractivity (Wildman–Crippen MR) is 84.3 cm³/mol. The maximum atomic E-state index is 13.2. The summed E-state index contributed by atoms with van der Waals surface area (Å²) in [7, 11) is 1.49. The molecule has 0 fully saturated rings. The number of amides is 1. The summed E-state index contributed by atoms with van der Waals surface area (Å²) in [5.41, 5.74) is 1.60. The molecule has 3 nitrogen and oxygen atoms in total. The second-order valence-electron chi connectivity index (χ2n) is 4.42. The van der Waals surface area contributed by atoms with Crippen molar-refractivity contribution in [1.29, 1.82) is 0 Å². The standard InChI is InChI=1S/C15H13ClFNO2S/c1-8-5-12(13(20-2)7-10(8)16)18-15(19)9-3-4-11(17)14(21)6-9/h3-7,21H,1-2H3,(H,18,19). The molecule has 0 aliphatic carbocycles. The number of anilines is 1. The minimum Gasteiger partial charge on any atom is -0.495 e. The number of rotatable bonds is 3. The van der Waals surface area contributed by atoms with Gasteiger partial charge in [-0.05, 0) is 36.8 Å². The lowest BCUT2D eigenvalue weighted by Crippen LogP contribution is -2.13. The summed E-state index contributed by atoms with van der Waals surface area (Å²) in [5, 5.41) is 3.26. The van der Waals surface area contributed by atoms with Crippen LogP contribution >= 0.6 is 24.2 Å². The fourth-order valence-electron chi connectivity index (χ4n) is 1.78. The van der Waals surface area contributed by atoms with Crippen LogP contribution in [0.1, 0.15) is 15.9 Å². The SMILES string of the molecule is COc1cc(Cl)c(C)cc1NC(=O)c1ccc(F)c(S)c1. The number of hydrogen-bond acceptors (Lipinski definition) is 3. The highest BCUT2D eigenvalue weighted by molar-refractivity contribution is 7.80. The van der Waals surface area contributed by atoms with Crippen molar-refractivity contribution in [3.05, 3.63) is 52.3 Å². The number of methoxy groups -OCH3 is 1. The second kappa shape index (κ2) is 6.37. The monoisotopic (exact) mass is 325 g/mol. The van der Waals surface area contributed by atoms with Gasteiger partial charge in [0.05, 0.1) is 12.8 Å². The lowest BCUT2D eigenvalue weighted by Gasteiger charge is -2.12. The smallest absolute Gasteiger partial charge is 0.255 e. The maximum Gasteiger partial charge on any atom is 0.255 e. The Hall–Kier alpha value is -1.72. The van der Waals surface area contributed by atoms with Gasteiger partial charge >= 0.3 is 0 Å².